The van der Waals surface area contributed by atoms with Crippen molar-refractivity contribution in [1.29, 1.82) is 0 Å². The van der Waals surface area contributed by atoms with Crippen LogP contribution in [0.2, 0.25) is 0 Å². The third-order valence-corrected chi connectivity index (χ3v) is 4.54. The molecule has 1 amide bonds. The Bertz CT molecular complexity index is 791. The first-order valence-electron chi connectivity index (χ1n) is 9.64. The Kier molecular flexibility index (Phi) is 7.37. The van der Waals surface area contributed by atoms with Crippen LogP contribution in [0, 0.1) is 5.92 Å². The molecule has 1 aromatic carbocycles. The number of ketones is 1. The lowest BCUT2D eigenvalue weighted by atomic mass is 9.90. The first-order chi connectivity index (χ1) is 13.6. The van der Waals surface area contributed by atoms with Crippen molar-refractivity contribution in [3.05, 3.63) is 60.2 Å². The number of carbonyl (C=O) groups is 3. The molecule has 0 saturated carbocycles. The lowest BCUT2D eigenvalue weighted by Gasteiger charge is -2.28. The third kappa shape index (κ3) is 6.31. The fourth-order valence-electron chi connectivity index (χ4n) is 3.37. The van der Waals surface area contributed by atoms with Crippen LogP contribution in [0.15, 0.2) is 54.6 Å². The summed E-state index contributed by atoms with van der Waals surface area (Å²) in [6.07, 6.45) is 2.95. The molecule has 1 saturated heterocycles. The number of ether oxygens (including phenoxy) is 2. The van der Waals surface area contributed by atoms with Gasteiger partial charge in [0, 0.05) is 18.5 Å². The Labute approximate surface area is 172 Å². The number of hydrogen-bond donors (Lipinski definition) is 0. The lowest BCUT2D eigenvalue weighted by molar-refractivity contribution is -0.139. The fourth-order valence-corrected chi connectivity index (χ4v) is 3.37. The number of benzene rings is 1. The average Bonchev–Trinajstić information content (AvgIpc) is 2.98. The number of Topliss-reactive ketones (excluding diaryl/α,β-unsaturated/α-hetero) is 1. The maximum Gasteiger partial charge on any atom is 0.411 e. The number of carbonyl (C=O) groups excluding carboxylic acids is 3. The molecule has 1 aliphatic rings. The standard InChI is InChI=1S/C23H29NO5/c1-6-10-19-18(13-20(26)28-15-17-11-8-7-9-12-17)14-24(21(19)16(2)25)22(27)29-23(3,4)5/h6-9,11-13,19,21H,1,10,14-15H2,2-5H3/b18-13+/t19-,21+/m1/s1. The molecule has 6 heteroatoms. The zero-order valence-electron chi connectivity index (χ0n) is 17.5. The van der Waals surface area contributed by atoms with Gasteiger partial charge in [-0.25, -0.2) is 9.59 Å². The van der Waals surface area contributed by atoms with E-state index >= 15 is 0 Å². The van der Waals surface area contributed by atoms with E-state index in [1.54, 1.807) is 26.8 Å². The summed E-state index contributed by atoms with van der Waals surface area (Å²) < 4.78 is 10.8. The van der Waals surface area contributed by atoms with E-state index in [0.717, 1.165) is 5.56 Å². The number of allylic oxidation sites excluding steroid dienone is 1. The van der Waals surface area contributed by atoms with Crippen molar-refractivity contribution in [2.24, 2.45) is 5.92 Å². The van der Waals surface area contributed by atoms with E-state index < -0.39 is 23.7 Å². The van der Waals surface area contributed by atoms with Gasteiger partial charge in [-0.3, -0.25) is 9.69 Å². The Morgan fingerprint density at radius 3 is 2.41 bits per heavy atom. The summed E-state index contributed by atoms with van der Waals surface area (Å²) >= 11 is 0. The molecule has 0 spiro atoms. The average molecular weight is 399 g/mol. The minimum Gasteiger partial charge on any atom is -0.458 e. The van der Waals surface area contributed by atoms with Crippen LogP contribution in [0.4, 0.5) is 4.79 Å². The molecule has 2 atom stereocenters. The molecular weight excluding hydrogens is 370 g/mol. The third-order valence-electron chi connectivity index (χ3n) is 4.54. The van der Waals surface area contributed by atoms with Crippen LogP contribution in [0.3, 0.4) is 0 Å². The maximum absolute atomic E-state index is 12.6. The van der Waals surface area contributed by atoms with Crippen LogP contribution >= 0.6 is 0 Å². The molecule has 0 N–H and O–H groups in total. The van der Waals surface area contributed by atoms with Gasteiger partial charge in [-0.15, -0.1) is 6.58 Å². The van der Waals surface area contributed by atoms with E-state index in [9.17, 15) is 14.4 Å². The first-order valence-corrected chi connectivity index (χ1v) is 9.64. The van der Waals surface area contributed by atoms with Crippen molar-refractivity contribution in [2.45, 2.75) is 52.4 Å². The van der Waals surface area contributed by atoms with Gasteiger partial charge in [0.2, 0.25) is 0 Å². The highest BCUT2D eigenvalue weighted by Gasteiger charge is 2.44. The molecule has 1 aromatic rings. The highest BCUT2D eigenvalue weighted by atomic mass is 16.6. The quantitative estimate of drug-likeness (QED) is 0.410. The Balaban J connectivity index is 2.20. The van der Waals surface area contributed by atoms with Gasteiger partial charge in [-0.05, 0) is 45.3 Å². The molecule has 1 heterocycles. The number of hydrogen-bond acceptors (Lipinski definition) is 5. The minimum atomic E-state index is -0.698. The number of likely N-dealkylation sites (tertiary alicyclic amines) is 1. The highest BCUT2D eigenvalue weighted by molar-refractivity contribution is 5.89. The summed E-state index contributed by atoms with van der Waals surface area (Å²) in [5.41, 5.74) is 0.854. The van der Waals surface area contributed by atoms with Crippen LogP contribution in [0.1, 0.15) is 39.7 Å². The predicted octanol–water partition coefficient (Wildman–Crippen LogP) is 4.06. The summed E-state index contributed by atoms with van der Waals surface area (Å²) in [5.74, 6) is -1.00. The fraction of sp³-hybridized carbons (Fsp3) is 0.435. The molecule has 0 aromatic heterocycles. The molecule has 1 aliphatic heterocycles. The molecule has 2 rings (SSSR count). The van der Waals surface area contributed by atoms with Crippen LogP contribution in [-0.4, -0.2) is 40.9 Å². The van der Waals surface area contributed by atoms with E-state index in [4.69, 9.17) is 9.47 Å². The largest absolute Gasteiger partial charge is 0.458 e. The van der Waals surface area contributed by atoms with E-state index in [-0.39, 0.29) is 24.9 Å². The Morgan fingerprint density at radius 1 is 1.21 bits per heavy atom. The molecule has 0 unspecified atom stereocenters. The van der Waals surface area contributed by atoms with Crippen molar-refractivity contribution in [1.82, 2.24) is 4.90 Å². The Hall–Kier alpha value is -2.89. The van der Waals surface area contributed by atoms with Gasteiger partial charge in [0.15, 0.2) is 5.78 Å². The highest BCUT2D eigenvalue weighted by Crippen LogP contribution is 2.34. The number of rotatable bonds is 6. The van der Waals surface area contributed by atoms with E-state index in [2.05, 4.69) is 6.58 Å². The molecule has 1 fully saturated rings. The molecule has 0 bridgehead atoms. The van der Waals surface area contributed by atoms with Gasteiger partial charge in [0.1, 0.15) is 18.2 Å². The molecule has 0 radical (unpaired) electrons. The summed E-state index contributed by atoms with van der Waals surface area (Å²) in [4.78, 5) is 38.7. The predicted molar refractivity (Wildman–Crippen MR) is 110 cm³/mol. The normalized spacial score (nSPS) is 20.4. The monoisotopic (exact) mass is 399 g/mol. The van der Waals surface area contributed by atoms with Crippen LogP contribution in [0.5, 0.6) is 0 Å². The van der Waals surface area contributed by atoms with Crippen LogP contribution in [-0.2, 0) is 25.7 Å². The minimum absolute atomic E-state index is 0.137. The smallest absolute Gasteiger partial charge is 0.411 e. The summed E-state index contributed by atoms with van der Waals surface area (Å²) in [7, 11) is 0. The molecule has 6 nitrogen and oxygen atoms in total. The van der Waals surface area contributed by atoms with Gasteiger partial charge in [-0.2, -0.15) is 0 Å². The zero-order valence-corrected chi connectivity index (χ0v) is 17.5. The summed E-state index contributed by atoms with van der Waals surface area (Å²) in [6, 6.07) is 8.66. The zero-order chi connectivity index (χ0) is 21.6. The summed E-state index contributed by atoms with van der Waals surface area (Å²) in [6.45, 7) is 10.8. The van der Waals surface area contributed by atoms with Gasteiger partial charge in [0.05, 0.1) is 0 Å². The van der Waals surface area contributed by atoms with Gasteiger partial charge in [-0.1, -0.05) is 36.4 Å². The second-order valence-corrected chi connectivity index (χ2v) is 8.11. The van der Waals surface area contributed by atoms with E-state index in [0.29, 0.717) is 12.0 Å². The van der Waals surface area contributed by atoms with Crippen LogP contribution < -0.4 is 0 Å². The van der Waals surface area contributed by atoms with Crippen molar-refractivity contribution < 1.29 is 23.9 Å². The Morgan fingerprint density at radius 2 is 1.86 bits per heavy atom. The number of nitrogens with zero attached hydrogens (tertiary/aromatic N) is 1. The van der Waals surface area contributed by atoms with Gasteiger partial charge in [0.25, 0.3) is 0 Å². The number of amides is 1. The molecule has 156 valence electrons. The summed E-state index contributed by atoms with van der Waals surface area (Å²) in [5, 5.41) is 0. The maximum atomic E-state index is 12.6. The van der Waals surface area contributed by atoms with Crippen molar-refractivity contribution >= 4 is 17.8 Å². The molecule has 29 heavy (non-hydrogen) atoms. The van der Waals surface area contributed by atoms with E-state index in [1.807, 2.05) is 30.3 Å². The second kappa shape index (κ2) is 9.54. The van der Waals surface area contributed by atoms with Gasteiger partial charge >= 0.3 is 12.1 Å². The SMILES string of the molecule is C=CC[C@@H]1/C(=C/C(=O)OCc2ccccc2)CN(C(=O)OC(C)(C)C)[C@H]1C(C)=O. The topological polar surface area (TPSA) is 72.9 Å². The van der Waals surface area contributed by atoms with Gasteiger partial charge < -0.3 is 9.47 Å². The molecule has 0 aliphatic carbocycles. The number of esters is 1. The van der Waals surface area contributed by atoms with Crippen molar-refractivity contribution in [3.63, 3.8) is 0 Å². The molecular formula is C23H29NO5. The second-order valence-electron chi connectivity index (χ2n) is 8.11. The van der Waals surface area contributed by atoms with Crippen molar-refractivity contribution in [3.8, 4) is 0 Å². The first kappa shape index (κ1) is 22.4. The van der Waals surface area contributed by atoms with Crippen molar-refractivity contribution in [2.75, 3.05) is 6.54 Å². The lowest BCUT2D eigenvalue weighted by Crippen LogP contribution is -2.44. The van der Waals surface area contributed by atoms with Crippen LogP contribution in [0.25, 0.3) is 0 Å². The van der Waals surface area contributed by atoms with E-state index in [1.165, 1.54) is 17.9 Å².